The van der Waals surface area contributed by atoms with Crippen molar-refractivity contribution in [1.82, 2.24) is 0 Å². The topological polar surface area (TPSA) is 314 Å². The zero-order valence-electron chi connectivity index (χ0n) is 18.3. The number of rotatable bonds is 6. The van der Waals surface area contributed by atoms with Gasteiger partial charge in [-0.1, -0.05) is 0 Å². The Kier molecular flexibility index (Phi) is 7.72. The smallest absolute Gasteiger partial charge is 0.360 e. The van der Waals surface area contributed by atoms with E-state index in [1.54, 1.807) is 0 Å². The SMILES string of the molecule is O=C1OC(CO)([C@@]2(O)O[C@H](CO)[C@H](O)[C@H](O)[C@H]2O)C(=O)OC1(CO)[C@@]1(O)O[C@H](CO)[C@H](O)[C@H](O)[C@H]1O. The summed E-state index contributed by atoms with van der Waals surface area (Å²) in [6, 6.07) is 0. The molecule has 0 aromatic rings. The summed E-state index contributed by atoms with van der Waals surface area (Å²) in [5.74, 6) is -11.4. The molecule has 0 saturated carbocycles. The lowest BCUT2D eigenvalue weighted by Crippen LogP contribution is -2.84. The lowest BCUT2D eigenvalue weighted by Gasteiger charge is -2.57. The van der Waals surface area contributed by atoms with Gasteiger partial charge in [0.15, 0.2) is 0 Å². The van der Waals surface area contributed by atoms with Gasteiger partial charge in [0.2, 0.25) is 11.6 Å². The number of cyclic esters (lactones) is 2. The molecule has 18 heteroatoms. The summed E-state index contributed by atoms with van der Waals surface area (Å²) in [6.45, 7) is -5.76. The normalized spacial score (nSPS) is 52.0. The number of ether oxygens (including phenoxy) is 4. The van der Waals surface area contributed by atoms with Gasteiger partial charge in [0.25, 0.3) is 11.2 Å². The Bertz CT molecular complexity index is 784. The van der Waals surface area contributed by atoms with Crippen LogP contribution < -0.4 is 0 Å². The molecule has 3 heterocycles. The first-order valence-electron chi connectivity index (χ1n) is 10.5. The summed E-state index contributed by atoms with van der Waals surface area (Å²) in [6.07, 6.45) is -18.0. The first-order valence-corrected chi connectivity index (χ1v) is 10.5. The van der Waals surface area contributed by atoms with Crippen molar-refractivity contribution in [1.29, 1.82) is 0 Å². The molecule has 0 aromatic heterocycles. The summed E-state index contributed by atoms with van der Waals surface area (Å²) in [5, 5.41) is 121. The van der Waals surface area contributed by atoms with Gasteiger partial charge in [0.05, 0.1) is 26.4 Å². The fraction of sp³-hybridized carbons (Fsp3) is 0.889. The monoisotopic (exact) mass is 532 g/mol. The Hall–Kier alpha value is -1.62. The number of aliphatic hydroxyl groups excluding tert-OH is 10. The molecule has 3 rings (SSSR count). The van der Waals surface area contributed by atoms with Crippen molar-refractivity contribution in [3.63, 3.8) is 0 Å². The highest BCUT2D eigenvalue weighted by molar-refractivity contribution is 5.95. The molecule has 12 N–H and O–H groups in total. The van der Waals surface area contributed by atoms with E-state index in [1.807, 2.05) is 0 Å². The molecule has 18 nitrogen and oxygen atoms in total. The molecule has 0 spiro atoms. The van der Waals surface area contributed by atoms with Crippen LogP contribution in [0.1, 0.15) is 0 Å². The molecule has 0 aliphatic carbocycles. The first-order chi connectivity index (χ1) is 16.7. The quantitative estimate of drug-likeness (QED) is 0.141. The number of hydrogen-bond acceptors (Lipinski definition) is 18. The van der Waals surface area contributed by atoms with E-state index in [0.29, 0.717) is 0 Å². The maximum atomic E-state index is 13.2. The molecule has 3 fully saturated rings. The average Bonchev–Trinajstić information content (AvgIpc) is 2.86. The molecule has 2 unspecified atom stereocenters. The Morgan fingerprint density at radius 3 is 1.14 bits per heavy atom. The molecule has 12 atom stereocenters. The highest BCUT2D eigenvalue weighted by Crippen LogP contribution is 2.47. The molecular formula is C18H28O18. The van der Waals surface area contributed by atoms with Crippen molar-refractivity contribution in [3.05, 3.63) is 0 Å². The minimum Gasteiger partial charge on any atom is -0.435 e. The Balaban J connectivity index is 2.09. The van der Waals surface area contributed by atoms with Crippen LogP contribution in [-0.2, 0) is 28.5 Å². The van der Waals surface area contributed by atoms with Crippen LogP contribution in [0.15, 0.2) is 0 Å². The molecule has 0 aromatic carbocycles. The molecule has 3 saturated heterocycles. The van der Waals surface area contributed by atoms with Crippen LogP contribution in [0.5, 0.6) is 0 Å². The summed E-state index contributed by atoms with van der Waals surface area (Å²) >= 11 is 0. The third-order valence-corrected chi connectivity index (χ3v) is 6.73. The van der Waals surface area contributed by atoms with Crippen LogP contribution >= 0.6 is 0 Å². The lowest BCUT2D eigenvalue weighted by molar-refractivity contribution is -0.427. The van der Waals surface area contributed by atoms with Crippen molar-refractivity contribution in [2.45, 2.75) is 71.6 Å². The van der Waals surface area contributed by atoms with Crippen molar-refractivity contribution in [2.75, 3.05) is 26.4 Å². The van der Waals surface area contributed by atoms with Gasteiger partial charge in [-0.3, -0.25) is 0 Å². The second kappa shape index (κ2) is 9.60. The molecule has 0 amide bonds. The van der Waals surface area contributed by atoms with Gasteiger partial charge in [0, 0.05) is 0 Å². The molecular weight excluding hydrogens is 504 g/mol. The molecule has 208 valence electrons. The fourth-order valence-electron chi connectivity index (χ4n) is 4.40. The van der Waals surface area contributed by atoms with E-state index in [-0.39, 0.29) is 0 Å². The number of carbonyl (C=O) groups is 2. The third-order valence-electron chi connectivity index (χ3n) is 6.73. The van der Waals surface area contributed by atoms with Crippen LogP contribution in [0, 0.1) is 0 Å². The zero-order chi connectivity index (χ0) is 27.4. The van der Waals surface area contributed by atoms with Gasteiger partial charge < -0.3 is 80.2 Å². The van der Waals surface area contributed by atoms with Gasteiger partial charge in [0.1, 0.15) is 48.8 Å². The predicted molar refractivity (Wildman–Crippen MR) is 102 cm³/mol. The van der Waals surface area contributed by atoms with Gasteiger partial charge in [-0.15, -0.1) is 0 Å². The van der Waals surface area contributed by atoms with Gasteiger partial charge >= 0.3 is 11.9 Å². The highest BCUT2D eigenvalue weighted by atomic mass is 16.8. The lowest BCUT2D eigenvalue weighted by atomic mass is 9.77. The summed E-state index contributed by atoms with van der Waals surface area (Å²) in [5.41, 5.74) is -7.00. The molecule has 0 radical (unpaired) electrons. The van der Waals surface area contributed by atoms with Crippen LogP contribution in [0.3, 0.4) is 0 Å². The Morgan fingerprint density at radius 1 is 0.583 bits per heavy atom. The standard InChI is InChI=1S/C18H28O18/c19-1-5-7(23)9(25)11(27)17(31,33-5)15(3-21)13(29)36-16(4-22,14(30)35-15)18(32)12(28)10(26)8(24)6(2-20)34-18/h5-12,19-28,31-32H,1-4H2/t5-,6-,7+,8+,9+,10+,11-,12-,15?,16?,17+,18+/m1/s1. The minimum atomic E-state index is -3.62. The van der Waals surface area contributed by atoms with Crippen LogP contribution in [0.2, 0.25) is 0 Å². The van der Waals surface area contributed by atoms with E-state index < -0.39 is 110 Å². The fourth-order valence-corrected chi connectivity index (χ4v) is 4.40. The van der Waals surface area contributed by atoms with E-state index in [2.05, 4.69) is 0 Å². The molecule has 36 heavy (non-hydrogen) atoms. The zero-order valence-corrected chi connectivity index (χ0v) is 18.3. The van der Waals surface area contributed by atoms with E-state index >= 15 is 0 Å². The number of carbonyl (C=O) groups excluding carboxylic acids is 2. The summed E-state index contributed by atoms with van der Waals surface area (Å²) in [4.78, 5) is 26.3. The van der Waals surface area contributed by atoms with E-state index in [0.717, 1.165) is 0 Å². The summed E-state index contributed by atoms with van der Waals surface area (Å²) < 4.78 is 19.5. The van der Waals surface area contributed by atoms with Gasteiger partial charge in [-0.2, -0.15) is 0 Å². The second-order valence-corrected chi connectivity index (χ2v) is 8.67. The van der Waals surface area contributed by atoms with E-state index in [4.69, 9.17) is 18.9 Å². The van der Waals surface area contributed by atoms with Crippen molar-refractivity contribution in [2.24, 2.45) is 0 Å². The average molecular weight is 532 g/mol. The number of esters is 2. The van der Waals surface area contributed by atoms with Crippen LogP contribution in [-0.4, -0.2) is 171 Å². The third kappa shape index (κ3) is 3.58. The van der Waals surface area contributed by atoms with E-state index in [1.165, 1.54) is 0 Å². The van der Waals surface area contributed by atoms with Crippen molar-refractivity contribution >= 4 is 11.9 Å². The van der Waals surface area contributed by atoms with Crippen LogP contribution in [0.4, 0.5) is 0 Å². The molecule has 0 bridgehead atoms. The van der Waals surface area contributed by atoms with Crippen molar-refractivity contribution < 1.29 is 89.8 Å². The Morgan fingerprint density at radius 2 is 0.889 bits per heavy atom. The largest absolute Gasteiger partial charge is 0.435 e. The van der Waals surface area contributed by atoms with Crippen molar-refractivity contribution in [3.8, 4) is 0 Å². The number of hydrogen-bond donors (Lipinski definition) is 12. The maximum Gasteiger partial charge on any atom is 0.360 e. The highest BCUT2D eigenvalue weighted by Gasteiger charge is 2.79. The van der Waals surface area contributed by atoms with Gasteiger partial charge in [-0.05, 0) is 0 Å². The molecule has 3 aliphatic heterocycles. The molecule has 3 aliphatic rings. The maximum absolute atomic E-state index is 13.2. The van der Waals surface area contributed by atoms with E-state index in [9.17, 15) is 70.9 Å². The number of aliphatic hydroxyl groups is 12. The Labute approximate surface area is 200 Å². The van der Waals surface area contributed by atoms with Crippen LogP contribution in [0.25, 0.3) is 0 Å². The minimum absolute atomic E-state index is 1.12. The van der Waals surface area contributed by atoms with Gasteiger partial charge in [-0.25, -0.2) is 9.59 Å². The predicted octanol–water partition coefficient (Wildman–Crippen LogP) is -9.13. The summed E-state index contributed by atoms with van der Waals surface area (Å²) in [7, 11) is 0. The second-order valence-electron chi connectivity index (χ2n) is 8.67. The first kappa shape index (κ1) is 28.9.